The van der Waals surface area contributed by atoms with E-state index < -0.39 is 0 Å². The van der Waals surface area contributed by atoms with Crippen LogP contribution in [0.2, 0.25) is 5.02 Å². The average Bonchev–Trinajstić information content (AvgIpc) is 2.65. The zero-order valence-corrected chi connectivity index (χ0v) is 16.5. The van der Waals surface area contributed by atoms with Gasteiger partial charge in [0.05, 0.1) is 5.75 Å². The molecule has 0 aliphatic carbocycles. The molecule has 1 amide bonds. The number of thioether (sulfide) groups is 1. The van der Waals surface area contributed by atoms with Crippen LogP contribution >= 0.6 is 23.4 Å². The lowest BCUT2D eigenvalue weighted by Crippen LogP contribution is -2.22. The van der Waals surface area contributed by atoms with Gasteiger partial charge in [0.15, 0.2) is 5.03 Å². The van der Waals surface area contributed by atoms with E-state index in [2.05, 4.69) is 10.3 Å². The fraction of sp³-hybridized carbons (Fsp3) is 0.150. The molecule has 0 saturated carbocycles. The van der Waals surface area contributed by atoms with Crippen LogP contribution < -0.4 is 10.9 Å². The van der Waals surface area contributed by atoms with Crippen LogP contribution in [0.15, 0.2) is 64.7 Å². The smallest absolute Gasteiger partial charge is 0.287 e. The van der Waals surface area contributed by atoms with Crippen LogP contribution in [0.1, 0.15) is 11.1 Å². The van der Waals surface area contributed by atoms with Crippen molar-refractivity contribution in [3.8, 4) is 5.69 Å². The van der Waals surface area contributed by atoms with Gasteiger partial charge in [-0.25, -0.2) is 4.98 Å². The summed E-state index contributed by atoms with van der Waals surface area (Å²) in [5.74, 6) is -0.149. The molecule has 138 valence electrons. The molecule has 2 aromatic carbocycles. The zero-order valence-electron chi connectivity index (χ0n) is 14.9. The van der Waals surface area contributed by atoms with Crippen molar-refractivity contribution in [1.82, 2.24) is 9.55 Å². The lowest BCUT2D eigenvalue weighted by Gasteiger charge is -2.09. The van der Waals surface area contributed by atoms with Gasteiger partial charge < -0.3 is 5.32 Å². The van der Waals surface area contributed by atoms with Crippen molar-refractivity contribution in [2.75, 3.05) is 11.1 Å². The number of rotatable bonds is 5. The molecule has 0 radical (unpaired) electrons. The van der Waals surface area contributed by atoms with E-state index in [0.29, 0.717) is 10.7 Å². The summed E-state index contributed by atoms with van der Waals surface area (Å²) in [7, 11) is 0. The molecule has 1 aromatic heterocycles. The van der Waals surface area contributed by atoms with E-state index in [1.807, 2.05) is 44.2 Å². The molecule has 0 unspecified atom stereocenters. The highest BCUT2D eigenvalue weighted by molar-refractivity contribution is 7.99. The van der Waals surface area contributed by atoms with Gasteiger partial charge in [0.2, 0.25) is 5.91 Å². The van der Waals surface area contributed by atoms with Gasteiger partial charge in [-0.2, -0.15) is 0 Å². The Bertz CT molecular complexity index is 1030. The molecule has 0 aliphatic heterocycles. The Morgan fingerprint density at radius 2 is 1.93 bits per heavy atom. The van der Waals surface area contributed by atoms with Crippen molar-refractivity contribution in [2.24, 2.45) is 0 Å². The van der Waals surface area contributed by atoms with Crippen LogP contribution in [-0.2, 0) is 4.79 Å². The van der Waals surface area contributed by atoms with E-state index in [4.69, 9.17) is 11.6 Å². The predicted molar refractivity (Wildman–Crippen MR) is 110 cm³/mol. The van der Waals surface area contributed by atoms with Gasteiger partial charge >= 0.3 is 0 Å². The van der Waals surface area contributed by atoms with E-state index in [9.17, 15) is 9.59 Å². The number of amides is 1. The van der Waals surface area contributed by atoms with E-state index in [0.717, 1.165) is 28.6 Å². The summed E-state index contributed by atoms with van der Waals surface area (Å²) in [6, 6.07) is 12.9. The van der Waals surface area contributed by atoms with Gasteiger partial charge in [-0.1, -0.05) is 47.1 Å². The fourth-order valence-corrected chi connectivity index (χ4v) is 3.32. The fourth-order valence-electron chi connectivity index (χ4n) is 2.45. The second-order valence-corrected chi connectivity index (χ2v) is 7.44. The van der Waals surface area contributed by atoms with E-state index in [1.165, 1.54) is 4.57 Å². The minimum Gasteiger partial charge on any atom is -0.325 e. The molecule has 7 heteroatoms. The number of nitrogens with one attached hydrogen (secondary N) is 1. The number of aryl methyl sites for hydroxylation is 2. The highest BCUT2D eigenvalue weighted by atomic mass is 35.5. The minimum absolute atomic E-state index is 0.0755. The van der Waals surface area contributed by atoms with Gasteiger partial charge in [-0.05, 0) is 43.7 Å². The molecule has 0 saturated heterocycles. The van der Waals surface area contributed by atoms with Gasteiger partial charge in [0.25, 0.3) is 5.56 Å². The molecule has 0 fully saturated rings. The van der Waals surface area contributed by atoms with Crippen molar-refractivity contribution in [1.29, 1.82) is 0 Å². The van der Waals surface area contributed by atoms with E-state index in [-0.39, 0.29) is 22.2 Å². The second-order valence-electron chi connectivity index (χ2n) is 6.04. The first-order valence-corrected chi connectivity index (χ1v) is 9.64. The number of anilines is 1. The molecule has 0 bridgehead atoms. The van der Waals surface area contributed by atoms with Crippen LogP contribution in [0.5, 0.6) is 0 Å². The van der Waals surface area contributed by atoms with E-state index >= 15 is 0 Å². The molecular weight excluding hydrogens is 382 g/mol. The monoisotopic (exact) mass is 399 g/mol. The molecule has 27 heavy (non-hydrogen) atoms. The Morgan fingerprint density at radius 3 is 2.67 bits per heavy atom. The molecule has 3 rings (SSSR count). The first-order valence-electron chi connectivity index (χ1n) is 8.27. The number of nitrogens with zero attached hydrogens (tertiary/aromatic N) is 2. The number of hydrogen-bond donors (Lipinski definition) is 1. The summed E-state index contributed by atoms with van der Waals surface area (Å²) >= 11 is 7.08. The van der Waals surface area contributed by atoms with Crippen molar-refractivity contribution >= 4 is 35.0 Å². The Hall–Kier alpha value is -2.57. The van der Waals surface area contributed by atoms with Crippen LogP contribution in [0.4, 0.5) is 5.69 Å². The average molecular weight is 400 g/mol. The third-order valence-electron chi connectivity index (χ3n) is 3.94. The number of hydrogen-bond acceptors (Lipinski definition) is 4. The first kappa shape index (κ1) is 19.2. The molecule has 1 N–H and O–H groups in total. The summed E-state index contributed by atoms with van der Waals surface area (Å²) in [5, 5.41) is 3.64. The Labute approximate surface area is 166 Å². The number of carbonyl (C=O) groups is 1. The van der Waals surface area contributed by atoms with Gasteiger partial charge in [-0.15, -0.1) is 0 Å². The maximum absolute atomic E-state index is 12.7. The van der Waals surface area contributed by atoms with Gasteiger partial charge in [0, 0.05) is 28.8 Å². The summed E-state index contributed by atoms with van der Waals surface area (Å²) in [4.78, 5) is 29.0. The first-order chi connectivity index (χ1) is 12.9. The topological polar surface area (TPSA) is 64.0 Å². The standard InChI is InChI=1S/C20H18ClN3O2S/c1-13-3-7-16(8-4-13)24-10-9-22-19(20(24)26)27-12-18(25)23-17-11-15(21)6-5-14(17)2/h3-11H,12H2,1-2H3,(H,23,25). The summed E-state index contributed by atoms with van der Waals surface area (Å²) < 4.78 is 1.52. The van der Waals surface area contributed by atoms with Crippen LogP contribution in [0.3, 0.4) is 0 Å². The maximum atomic E-state index is 12.7. The number of carbonyl (C=O) groups excluding carboxylic acids is 1. The quantitative estimate of drug-likeness (QED) is 0.652. The summed E-state index contributed by atoms with van der Waals surface area (Å²) in [5.41, 5.74) is 3.19. The molecule has 0 aliphatic rings. The highest BCUT2D eigenvalue weighted by Crippen LogP contribution is 2.21. The van der Waals surface area contributed by atoms with Crippen molar-refractivity contribution in [2.45, 2.75) is 18.9 Å². The number of benzene rings is 2. The molecule has 0 spiro atoms. The van der Waals surface area contributed by atoms with Crippen LogP contribution in [0.25, 0.3) is 5.69 Å². The number of aromatic nitrogens is 2. The van der Waals surface area contributed by atoms with Gasteiger partial charge in [0.1, 0.15) is 0 Å². The molecule has 0 atom stereocenters. The Morgan fingerprint density at radius 1 is 1.19 bits per heavy atom. The number of halogens is 1. The summed E-state index contributed by atoms with van der Waals surface area (Å²) in [6.45, 7) is 3.87. The molecule has 5 nitrogen and oxygen atoms in total. The summed E-state index contributed by atoms with van der Waals surface area (Å²) in [6.07, 6.45) is 3.18. The molecular formula is C20H18ClN3O2S. The van der Waals surface area contributed by atoms with Crippen molar-refractivity contribution in [3.63, 3.8) is 0 Å². The highest BCUT2D eigenvalue weighted by Gasteiger charge is 2.11. The van der Waals surface area contributed by atoms with Crippen molar-refractivity contribution in [3.05, 3.63) is 81.4 Å². The lowest BCUT2D eigenvalue weighted by atomic mass is 10.2. The van der Waals surface area contributed by atoms with Crippen molar-refractivity contribution < 1.29 is 4.79 Å². The third kappa shape index (κ3) is 4.78. The lowest BCUT2D eigenvalue weighted by molar-refractivity contribution is -0.113. The SMILES string of the molecule is Cc1ccc(-n2ccnc(SCC(=O)Nc3cc(Cl)ccc3C)c2=O)cc1. The van der Waals surface area contributed by atoms with Crippen LogP contribution in [0, 0.1) is 13.8 Å². The Balaban J connectivity index is 1.72. The van der Waals surface area contributed by atoms with Crippen LogP contribution in [-0.4, -0.2) is 21.2 Å². The largest absolute Gasteiger partial charge is 0.325 e. The second kappa shape index (κ2) is 8.41. The third-order valence-corrected chi connectivity index (χ3v) is 5.13. The predicted octanol–water partition coefficient (Wildman–Crippen LogP) is 4.23. The minimum atomic E-state index is -0.252. The normalized spacial score (nSPS) is 10.6. The molecule has 1 heterocycles. The maximum Gasteiger partial charge on any atom is 0.287 e. The van der Waals surface area contributed by atoms with E-state index in [1.54, 1.807) is 24.5 Å². The Kier molecular flexibility index (Phi) is 5.98. The molecule has 3 aromatic rings. The van der Waals surface area contributed by atoms with Gasteiger partial charge in [-0.3, -0.25) is 14.2 Å². The zero-order chi connectivity index (χ0) is 19.4.